The lowest BCUT2D eigenvalue weighted by atomic mass is 10.1. The molecule has 1 saturated carbocycles. The van der Waals surface area contributed by atoms with Gasteiger partial charge < -0.3 is 9.67 Å². The number of aromatic carboxylic acids is 1. The lowest BCUT2D eigenvalue weighted by Gasteiger charge is -2.10. The molecule has 1 aromatic heterocycles. The molecule has 3 aromatic rings. The highest BCUT2D eigenvalue weighted by Crippen LogP contribution is 2.31. The second-order valence-corrected chi connectivity index (χ2v) is 7.88. The number of aromatic nitrogens is 1. The second-order valence-electron chi connectivity index (χ2n) is 6.69. The summed E-state index contributed by atoms with van der Waals surface area (Å²) in [5, 5.41) is 10.3. The van der Waals surface area contributed by atoms with Crippen molar-refractivity contribution in [1.29, 1.82) is 0 Å². The zero-order valence-corrected chi connectivity index (χ0v) is 16.1. The van der Waals surface area contributed by atoms with Crippen LogP contribution in [-0.2, 0) is 6.54 Å². The van der Waals surface area contributed by atoms with E-state index in [2.05, 4.69) is 28.7 Å². The first-order valence-electron chi connectivity index (χ1n) is 9.20. The van der Waals surface area contributed by atoms with Gasteiger partial charge in [0.2, 0.25) is 0 Å². The van der Waals surface area contributed by atoms with Crippen LogP contribution in [-0.4, -0.2) is 20.9 Å². The molecule has 0 saturated heterocycles. The van der Waals surface area contributed by atoms with Gasteiger partial charge in [-0.15, -0.1) is 0 Å². The maximum absolute atomic E-state index is 11.7. The molecule has 140 valence electrons. The summed E-state index contributed by atoms with van der Waals surface area (Å²) in [5.41, 5.74) is 3.60. The number of nitrogens with zero attached hydrogens (tertiary/aromatic N) is 1. The van der Waals surface area contributed by atoms with Gasteiger partial charge in [-0.25, -0.2) is 4.79 Å². The summed E-state index contributed by atoms with van der Waals surface area (Å²) in [5.74, 6) is 5.39. The minimum atomic E-state index is -0.964. The van der Waals surface area contributed by atoms with Crippen molar-refractivity contribution in [2.45, 2.75) is 24.6 Å². The molecule has 0 atom stereocenters. The summed E-state index contributed by atoms with van der Waals surface area (Å²) in [6.07, 6.45) is 6.28. The van der Waals surface area contributed by atoms with Gasteiger partial charge in [0.15, 0.2) is 0 Å². The summed E-state index contributed by atoms with van der Waals surface area (Å²) in [6.45, 7) is 0.805. The molecular formula is C23H20N2O2S. The standard InChI is InChI=1S/C23H20N2O2S/c26-23(27)21-8-4-7-19(22(21)25-13-1-2-14-25)10-9-17-5-3-6-18(15-17)16-24-28-20-11-12-20/h1-8,13-15,20,24H,11-12,16H2,(H,26,27). The lowest BCUT2D eigenvalue weighted by Crippen LogP contribution is -2.06. The fourth-order valence-electron chi connectivity index (χ4n) is 2.91. The third-order valence-corrected chi connectivity index (χ3v) is 5.56. The smallest absolute Gasteiger partial charge is 0.337 e. The molecule has 0 bridgehead atoms. The fraction of sp³-hybridized carbons (Fsp3) is 0.174. The third-order valence-electron chi connectivity index (χ3n) is 4.45. The number of para-hydroxylation sites is 1. The molecule has 0 amide bonds. The maximum atomic E-state index is 11.7. The molecule has 1 fully saturated rings. The van der Waals surface area contributed by atoms with Crippen LogP contribution < -0.4 is 4.72 Å². The van der Waals surface area contributed by atoms with Gasteiger partial charge in [-0.3, -0.25) is 4.72 Å². The zero-order valence-electron chi connectivity index (χ0n) is 15.3. The van der Waals surface area contributed by atoms with Crippen molar-refractivity contribution in [2.75, 3.05) is 0 Å². The molecule has 2 N–H and O–H groups in total. The van der Waals surface area contributed by atoms with Gasteiger partial charge in [0.1, 0.15) is 0 Å². The van der Waals surface area contributed by atoms with Crippen LogP contribution in [0.2, 0.25) is 0 Å². The van der Waals surface area contributed by atoms with Gasteiger partial charge >= 0.3 is 5.97 Å². The Morgan fingerprint density at radius 2 is 1.89 bits per heavy atom. The number of hydrogen-bond donors (Lipinski definition) is 2. The van der Waals surface area contributed by atoms with Crippen LogP contribution >= 0.6 is 11.9 Å². The van der Waals surface area contributed by atoms with Crippen molar-refractivity contribution < 1.29 is 9.90 Å². The molecule has 28 heavy (non-hydrogen) atoms. The van der Waals surface area contributed by atoms with Gasteiger partial charge in [-0.2, -0.15) is 0 Å². The van der Waals surface area contributed by atoms with Gasteiger partial charge in [0.05, 0.1) is 11.3 Å². The molecule has 5 heteroatoms. The van der Waals surface area contributed by atoms with Gasteiger partial charge in [0.25, 0.3) is 0 Å². The molecule has 2 aromatic carbocycles. The third kappa shape index (κ3) is 4.48. The van der Waals surface area contributed by atoms with Gasteiger partial charge in [-0.05, 0) is 54.8 Å². The Morgan fingerprint density at radius 1 is 1.11 bits per heavy atom. The van der Waals surface area contributed by atoms with E-state index in [1.54, 1.807) is 16.7 Å². The first-order valence-corrected chi connectivity index (χ1v) is 10.1. The van der Waals surface area contributed by atoms with Crippen molar-refractivity contribution >= 4 is 17.9 Å². The maximum Gasteiger partial charge on any atom is 0.337 e. The Hall–Kier alpha value is -2.94. The highest BCUT2D eigenvalue weighted by Gasteiger charge is 2.21. The Labute approximate surface area is 168 Å². The quantitative estimate of drug-likeness (QED) is 0.483. The van der Waals surface area contributed by atoms with E-state index in [-0.39, 0.29) is 5.56 Å². The predicted molar refractivity (Wildman–Crippen MR) is 113 cm³/mol. The van der Waals surface area contributed by atoms with Crippen LogP contribution in [0.15, 0.2) is 67.0 Å². The SMILES string of the molecule is O=C(O)c1cccc(C#Cc2cccc(CNSC3CC3)c2)c1-n1cccc1. The van der Waals surface area contributed by atoms with Crippen LogP contribution in [0.3, 0.4) is 0 Å². The van der Waals surface area contributed by atoms with E-state index in [0.29, 0.717) is 11.3 Å². The van der Waals surface area contributed by atoms with E-state index >= 15 is 0 Å². The van der Waals surface area contributed by atoms with E-state index in [1.807, 2.05) is 54.7 Å². The number of nitrogens with one attached hydrogen (secondary N) is 1. The second kappa shape index (κ2) is 8.39. The normalized spacial score (nSPS) is 13.0. The molecular weight excluding hydrogens is 368 g/mol. The number of benzene rings is 2. The Balaban J connectivity index is 1.61. The van der Waals surface area contributed by atoms with Crippen molar-refractivity contribution in [3.05, 3.63) is 89.2 Å². The van der Waals surface area contributed by atoms with Gasteiger partial charge in [-0.1, -0.05) is 42.0 Å². The lowest BCUT2D eigenvalue weighted by molar-refractivity contribution is 0.0697. The molecule has 1 aliphatic carbocycles. The number of rotatable bonds is 6. The number of carboxylic acids is 1. The monoisotopic (exact) mass is 388 g/mol. The summed E-state index contributed by atoms with van der Waals surface area (Å²) in [7, 11) is 0. The topological polar surface area (TPSA) is 54.3 Å². The van der Waals surface area contributed by atoms with Crippen LogP contribution in [0.5, 0.6) is 0 Å². The van der Waals surface area contributed by atoms with Crippen molar-refractivity contribution in [3.63, 3.8) is 0 Å². The van der Waals surface area contributed by atoms with Crippen LogP contribution in [0, 0.1) is 11.8 Å². The average molecular weight is 388 g/mol. The molecule has 0 unspecified atom stereocenters. The van der Waals surface area contributed by atoms with E-state index < -0.39 is 5.97 Å². The number of hydrogen-bond acceptors (Lipinski definition) is 3. The summed E-state index contributed by atoms with van der Waals surface area (Å²) < 4.78 is 5.21. The molecule has 0 spiro atoms. The number of carbonyl (C=O) groups is 1. The largest absolute Gasteiger partial charge is 0.478 e. The van der Waals surface area contributed by atoms with E-state index in [4.69, 9.17) is 0 Å². The average Bonchev–Trinajstić information content (AvgIpc) is 3.37. The van der Waals surface area contributed by atoms with Gasteiger partial charge in [0, 0.05) is 35.3 Å². The zero-order chi connectivity index (χ0) is 19.3. The van der Waals surface area contributed by atoms with Crippen LogP contribution in [0.25, 0.3) is 5.69 Å². The summed E-state index contributed by atoms with van der Waals surface area (Å²) in [4.78, 5) is 11.7. The van der Waals surface area contributed by atoms with Crippen LogP contribution in [0.1, 0.15) is 39.9 Å². The summed E-state index contributed by atoms with van der Waals surface area (Å²) in [6, 6.07) is 17.1. The summed E-state index contributed by atoms with van der Waals surface area (Å²) >= 11 is 1.81. The molecule has 1 aliphatic rings. The first kappa shape index (κ1) is 18.4. The highest BCUT2D eigenvalue weighted by molar-refractivity contribution is 7.98. The molecule has 0 aliphatic heterocycles. The predicted octanol–water partition coefficient (Wildman–Crippen LogP) is 4.48. The van der Waals surface area contributed by atoms with E-state index in [1.165, 1.54) is 18.4 Å². The van der Waals surface area contributed by atoms with E-state index in [0.717, 1.165) is 17.4 Å². The fourth-order valence-corrected chi connectivity index (χ4v) is 3.76. The van der Waals surface area contributed by atoms with Crippen molar-refractivity contribution in [2.24, 2.45) is 0 Å². The molecule has 4 nitrogen and oxygen atoms in total. The Kier molecular flexibility index (Phi) is 5.52. The minimum absolute atomic E-state index is 0.234. The van der Waals surface area contributed by atoms with E-state index in [9.17, 15) is 9.90 Å². The van der Waals surface area contributed by atoms with Crippen molar-refractivity contribution in [1.82, 2.24) is 9.29 Å². The van der Waals surface area contributed by atoms with Crippen molar-refractivity contribution in [3.8, 4) is 17.5 Å². The number of carboxylic acid groups (broad SMARTS) is 1. The Morgan fingerprint density at radius 3 is 2.64 bits per heavy atom. The first-order chi connectivity index (χ1) is 13.7. The Bertz CT molecular complexity index is 1040. The molecule has 4 rings (SSSR count). The molecule has 1 heterocycles. The minimum Gasteiger partial charge on any atom is -0.478 e. The molecule has 0 radical (unpaired) electrons. The highest BCUT2D eigenvalue weighted by atomic mass is 32.2. The van der Waals surface area contributed by atoms with Crippen LogP contribution in [0.4, 0.5) is 0 Å².